The predicted octanol–water partition coefficient (Wildman–Crippen LogP) is 3.24. The summed E-state index contributed by atoms with van der Waals surface area (Å²) >= 11 is 3.46. The first-order valence-electron chi connectivity index (χ1n) is 5.78. The summed E-state index contributed by atoms with van der Waals surface area (Å²) in [4.78, 5) is 16.0. The zero-order valence-electron chi connectivity index (χ0n) is 9.57. The second-order valence-corrected chi connectivity index (χ2v) is 6.64. The van der Waals surface area contributed by atoms with Crippen molar-refractivity contribution in [1.29, 1.82) is 0 Å². The van der Waals surface area contributed by atoms with Crippen LogP contribution in [0.25, 0.3) is 0 Å². The highest BCUT2D eigenvalue weighted by molar-refractivity contribution is 8.00. The maximum absolute atomic E-state index is 11.7. The number of carbonyl (C=O) groups is 1. The maximum atomic E-state index is 11.7. The fourth-order valence-electron chi connectivity index (χ4n) is 2.01. The zero-order valence-corrected chi connectivity index (χ0v) is 11.2. The van der Waals surface area contributed by atoms with Crippen LogP contribution < -0.4 is 0 Å². The Morgan fingerprint density at radius 1 is 1.56 bits per heavy atom. The van der Waals surface area contributed by atoms with E-state index in [1.54, 1.807) is 11.3 Å². The highest BCUT2D eigenvalue weighted by atomic mass is 32.2. The van der Waals surface area contributed by atoms with Crippen LogP contribution in [0, 0.1) is 6.92 Å². The average molecular weight is 255 g/mol. The molecule has 1 heterocycles. The standard InChI is InChI=1S/C12H17NOS2/c1-9-13-10(7-15-9)6-11(14)8-16-12-4-2-3-5-12/h7,12H,2-6,8H2,1H3. The van der Waals surface area contributed by atoms with E-state index in [9.17, 15) is 4.79 Å². The third kappa shape index (κ3) is 3.59. The fraction of sp³-hybridized carbons (Fsp3) is 0.667. The van der Waals surface area contributed by atoms with Crippen LogP contribution in [-0.2, 0) is 11.2 Å². The van der Waals surface area contributed by atoms with Gasteiger partial charge in [0, 0.05) is 10.6 Å². The number of Topliss-reactive ketones (excluding diaryl/α,β-unsaturated/α-hetero) is 1. The van der Waals surface area contributed by atoms with E-state index in [1.165, 1.54) is 25.7 Å². The summed E-state index contributed by atoms with van der Waals surface area (Å²) in [6, 6.07) is 0. The molecule has 0 unspecified atom stereocenters. The number of hydrogen-bond acceptors (Lipinski definition) is 4. The molecule has 0 spiro atoms. The molecule has 2 rings (SSSR count). The molecular formula is C12H17NOS2. The minimum Gasteiger partial charge on any atom is -0.298 e. The summed E-state index contributed by atoms with van der Waals surface area (Å²) < 4.78 is 0. The van der Waals surface area contributed by atoms with E-state index >= 15 is 0 Å². The Labute approximate surface area is 105 Å². The first-order valence-corrected chi connectivity index (χ1v) is 7.71. The van der Waals surface area contributed by atoms with E-state index in [4.69, 9.17) is 0 Å². The lowest BCUT2D eigenvalue weighted by atomic mass is 10.2. The van der Waals surface area contributed by atoms with Crippen molar-refractivity contribution >= 4 is 28.9 Å². The van der Waals surface area contributed by atoms with Gasteiger partial charge in [-0.05, 0) is 19.8 Å². The van der Waals surface area contributed by atoms with Crippen molar-refractivity contribution in [2.45, 2.75) is 44.3 Å². The van der Waals surface area contributed by atoms with Gasteiger partial charge in [-0.2, -0.15) is 11.8 Å². The molecule has 1 aliphatic carbocycles. The number of nitrogens with zero attached hydrogens (tertiary/aromatic N) is 1. The molecule has 1 aromatic heterocycles. The summed E-state index contributed by atoms with van der Waals surface area (Å²) in [5.41, 5.74) is 0.944. The van der Waals surface area contributed by atoms with Crippen molar-refractivity contribution in [1.82, 2.24) is 4.98 Å². The van der Waals surface area contributed by atoms with Crippen molar-refractivity contribution in [3.8, 4) is 0 Å². The molecule has 0 atom stereocenters. The van der Waals surface area contributed by atoms with E-state index in [0.717, 1.165) is 16.0 Å². The summed E-state index contributed by atoms with van der Waals surface area (Å²) in [6.07, 6.45) is 5.81. The number of rotatable bonds is 5. The number of carbonyl (C=O) groups excluding carboxylic acids is 1. The third-order valence-corrected chi connectivity index (χ3v) is 5.08. The van der Waals surface area contributed by atoms with E-state index in [2.05, 4.69) is 4.98 Å². The molecule has 16 heavy (non-hydrogen) atoms. The number of aryl methyl sites for hydroxylation is 1. The lowest BCUT2D eigenvalue weighted by molar-refractivity contribution is -0.116. The van der Waals surface area contributed by atoms with Gasteiger partial charge in [0.2, 0.25) is 0 Å². The van der Waals surface area contributed by atoms with Gasteiger partial charge < -0.3 is 0 Å². The second-order valence-electron chi connectivity index (χ2n) is 4.29. The Morgan fingerprint density at radius 3 is 2.94 bits per heavy atom. The molecule has 0 saturated heterocycles. The fourth-order valence-corrected chi connectivity index (χ4v) is 3.81. The number of hydrogen-bond donors (Lipinski definition) is 0. The average Bonchev–Trinajstić information content (AvgIpc) is 2.87. The molecule has 1 fully saturated rings. The quantitative estimate of drug-likeness (QED) is 0.809. The van der Waals surface area contributed by atoms with Gasteiger partial charge in [0.15, 0.2) is 0 Å². The summed E-state index contributed by atoms with van der Waals surface area (Å²) in [6.45, 7) is 1.98. The summed E-state index contributed by atoms with van der Waals surface area (Å²) in [5.74, 6) is 0.989. The van der Waals surface area contributed by atoms with Crippen molar-refractivity contribution in [3.05, 3.63) is 16.1 Å². The second kappa shape index (κ2) is 5.82. The molecule has 1 aromatic rings. The highest BCUT2D eigenvalue weighted by Gasteiger charge is 2.17. The van der Waals surface area contributed by atoms with Gasteiger partial charge in [0.05, 0.1) is 22.9 Å². The number of aromatic nitrogens is 1. The molecule has 88 valence electrons. The van der Waals surface area contributed by atoms with Crippen LogP contribution in [0.4, 0.5) is 0 Å². The molecule has 0 aromatic carbocycles. The number of thioether (sulfide) groups is 1. The minimum atomic E-state index is 0.321. The van der Waals surface area contributed by atoms with Gasteiger partial charge in [0.1, 0.15) is 5.78 Å². The monoisotopic (exact) mass is 255 g/mol. The molecule has 0 radical (unpaired) electrons. The normalized spacial score (nSPS) is 16.8. The Bertz CT molecular complexity index is 356. The molecule has 0 amide bonds. The van der Waals surface area contributed by atoms with Gasteiger partial charge in [-0.1, -0.05) is 12.8 Å². The Hall–Kier alpha value is -0.350. The Kier molecular flexibility index (Phi) is 4.41. The van der Waals surface area contributed by atoms with E-state index < -0.39 is 0 Å². The van der Waals surface area contributed by atoms with Gasteiger partial charge in [-0.3, -0.25) is 4.79 Å². The van der Waals surface area contributed by atoms with Gasteiger partial charge >= 0.3 is 0 Å². The van der Waals surface area contributed by atoms with Crippen molar-refractivity contribution in [3.63, 3.8) is 0 Å². The SMILES string of the molecule is Cc1nc(CC(=O)CSC2CCCC2)cs1. The third-order valence-electron chi connectivity index (χ3n) is 2.83. The molecule has 2 nitrogen and oxygen atoms in total. The smallest absolute Gasteiger partial charge is 0.148 e. The highest BCUT2D eigenvalue weighted by Crippen LogP contribution is 2.29. The number of ketones is 1. The molecule has 4 heteroatoms. The van der Waals surface area contributed by atoms with Crippen LogP contribution in [0.15, 0.2) is 5.38 Å². The van der Waals surface area contributed by atoms with Crippen molar-refractivity contribution in [2.24, 2.45) is 0 Å². The maximum Gasteiger partial charge on any atom is 0.148 e. The predicted molar refractivity (Wildman–Crippen MR) is 70.3 cm³/mol. The van der Waals surface area contributed by atoms with Crippen LogP contribution in [-0.4, -0.2) is 21.8 Å². The van der Waals surface area contributed by atoms with Gasteiger partial charge in [0.25, 0.3) is 0 Å². The summed E-state index contributed by atoms with van der Waals surface area (Å²) in [5, 5.41) is 3.78. The molecule has 1 saturated carbocycles. The zero-order chi connectivity index (χ0) is 11.4. The van der Waals surface area contributed by atoms with Crippen molar-refractivity contribution in [2.75, 3.05) is 5.75 Å². The molecule has 0 aliphatic heterocycles. The van der Waals surface area contributed by atoms with Crippen molar-refractivity contribution < 1.29 is 4.79 Å². The topological polar surface area (TPSA) is 30.0 Å². The van der Waals surface area contributed by atoms with Crippen LogP contribution in [0.3, 0.4) is 0 Å². The number of thiazole rings is 1. The van der Waals surface area contributed by atoms with Crippen LogP contribution in [0.5, 0.6) is 0 Å². The largest absolute Gasteiger partial charge is 0.298 e. The Balaban J connectivity index is 1.71. The molecule has 0 bridgehead atoms. The Morgan fingerprint density at radius 2 is 2.31 bits per heavy atom. The molecule has 0 N–H and O–H groups in total. The summed E-state index contributed by atoms with van der Waals surface area (Å²) in [7, 11) is 0. The lowest BCUT2D eigenvalue weighted by Gasteiger charge is -2.06. The van der Waals surface area contributed by atoms with Crippen LogP contribution in [0.1, 0.15) is 36.4 Å². The van der Waals surface area contributed by atoms with E-state index in [-0.39, 0.29) is 0 Å². The molecular weight excluding hydrogens is 238 g/mol. The van der Waals surface area contributed by atoms with Gasteiger partial charge in [-0.15, -0.1) is 11.3 Å². The van der Waals surface area contributed by atoms with E-state index in [1.807, 2.05) is 24.1 Å². The lowest BCUT2D eigenvalue weighted by Crippen LogP contribution is -2.09. The van der Waals surface area contributed by atoms with Crippen LogP contribution >= 0.6 is 23.1 Å². The first kappa shape index (κ1) is 12.1. The van der Waals surface area contributed by atoms with Gasteiger partial charge in [-0.25, -0.2) is 4.98 Å². The first-order chi connectivity index (χ1) is 7.74. The molecule has 1 aliphatic rings. The van der Waals surface area contributed by atoms with E-state index in [0.29, 0.717) is 18.0 Å². The minimum absolute atomic E-state index is 0.321. The van der Waals surface area contributed by atoms with Crippen LogP contribution in [0.2, 0.25) is 0 Å².